The van der Waals surface area contributed by atoms with Crippen LogP contribution in [0.5, 0.6) is 0 Å². The first-order valence-electron chi connectivity index (χ1n) is 6.89. The summed E-state index contributed by atoms with van der Waals surface area (Å²) in [5, 5.41) is 0.670. The maximum atomic E-state index is 12.2. The lowest BCUT2D eigenvalue weighted by atomic mass is 10.1. The van der Waals surface area contributed by atoms with Crippen LogP contribution >= 0.6 is 23.2 Å². The monoisotopic (exact) mass is 315 g/mol. The molecule has 20 heavy (non-hydrogen) atoms. The molecule has 0 N–H and O–H groups in total. The molecule has 1 fully saturated rings. The molecule has 0 unspecified atom stereocenters. The van der Waals surface area contributed by atoms with E-state index in [1.54, 1.807) is 0 Å². The molecule has 0 bridgehead atoms. The SMILES string of the molecule is O=C(Cc1cccc(Cl)c1)N1CCC(OCCCl)CC1. The predicted octanol–water partition coefficient (Wildman–Crippen LogP) is 3.13. The number of hydrogen-bond donors (Lipinski definition) is 0. The average molecular weight is 316 g/mol. The molecular weight excluding hydrogens is 297 g/mol. The van der Waals surface area contributed by atoms with Gasteiger partial charge in [-0.05, 0) is 30.5 Å². The summed E-state index contributed by atoms with van der Waals surface area (Å²) < 4.78 is 5.61. The van der Waals surface area contributed by atoms with Crippen LogP contribution in [0.2, 0.25) is 5.02 Å². The van der Waals surface area contributed by atoms with Gasteiger partial charge < -0.3 is 9.64 Å². The highest BCUT2D eigenvalue weighted by molar-refractivity contribution is 6.30. The second kappa shape index (κ2) is 7.87. The first-order valence-corrected chi connectivity index (χ1v) is 7.80. The number of hydrogen-bond acceptors (Lipinski definition) is 2. The number of benzene rings is 1. The van der Waals surface area contributed by atoms with Crippen molar-refractivity contribution < 1.29 is 9.53 Å². The van der Waals surface area contributed by atoms with Gasteiger partial charge in [-0.3, -0.25) is 4.79 Å². The zero-order valence-electron chi connectivity index (χ0n) is 11.4. The smallest absolute Gasteiger partial charge is 0.226 e. The van der Waals surface area contributed by atoms with Crippen molar-refractivity contribution in [1.29, 1.82) is 0 Å². The summed E-state index contributed by atoms with van der Waals surface area (Å²) in [5.41, 5.74) is 0.961. The van der Waals surface area contributed by atoms with E-state index >= 15 is 0 Å². The van der Waals surface area contributed by atoms with Gasteiger partial charge in [-0.15, -0.1) is 11.6 Å². The summed E-state index contributed by atoms with van der Waals surface area (Å²) in [7, 11) is 0. The van der Waals surface area contributed by atoms with E-state index in [-0.39, 0.29) is 12.0 Å². The van der Waals surface area contributed by atoms with Gasteiger partial charge in [-0.2, -0.15) is 0 Å². The van der Waals surface area contributed by atoms with Gasteiger partial charge in [-0.1, -0.05) is 23.7 Å². The van der Waals surface area contributed by atoms with Crippen molar-refractivity contribution in [1.82, 2.24) is 4.90 Å². The van der Waals surface area contributed by atoms with Crippen molar-refractivity contribution in [2.75, 3.05) is 25.6 Å². The van der Waals surface area contributed by atoms with E-state index in [0.29, 0.717) is 23.9 Å². The quantitative estimate of drug-likeness (QED) is 0.781. The number of halogens is 2. The average Bonchev–Trinajstić information content (AvgIpc) is 2.45. The Morgan fingerprint density at radius 1 is 1.35 bits per heavy atom. The fraction of sp³-hybridized carbons (Fsp3) is 0.533. The molecule has 1 aromatic rings. The highest BCUT2D eigenvalue weighted by atomic mass is 35.5. The summed E-state index contributed by atoms with van der Waals surface area (Å²) in [4.78, 5) is 14.1. The van der Waals surface area contributed by atoms with E-state index in [9.17, 15) is 4.79 Å². The molecule has 0 atom stereocenters. The molecule has 0 saturated carbocycles. The van der Waals surface area contributed by atoms with Crippen molar-refractivity contribution in [2.24, 2.45) is 0 Å². The van der Waals surface area contributed by atoms with Crippen molar-refractivity contribution in [2.45, 2.75) is 25.4 Å². The molecule has 1 aliphatic rings. The summed E-state index contributed by atoms with van der Waals surface area (Å²) in [6, 6.07) is 7.46. The third-order valence-corrected chi connectivity index (χ3v) is 3.86. The summed E-state index contributed by atoms with van der Waals surface area (Å²) in [5.74, 6) is 0.677. The largest absolute Gasteiger partial charge is 0.377 e. The Morgan fingerprint density at radius 2 is 2.10 bits per heavy atom. The highest BCUT2D eigenvalue weighted by Gasteiger charge is 2.23. The number of piperidine rings is 1. The number of nitrogens with zero attached hydrogens (tertiary/aromatic N) is 1. The number of alkyl halides is 1. The van der Waals surface area contributed by atoms with Gasteiger partial charge >= 0.3 is 0 Å². The van der Waals surface area contributed by atoms with Gasteiger partial charge in [0, 0.05) is 24.0 Å². The van der Waals surface area contributed by atoms with Crippen molar-refractivity contribution in [3.8, 4) is 0 Å². The first kappa shape index (κ1) is 15.6. The predicted molar refractivity (Wildman–Crippen MR) is 81.4 cm³/mol. The number of carbonyl (C=O) groups excluding carboxylic acids is 1. The van der Waals surface area contributed by atoms with Crippen molar-refractivity contribution in [3.63, 3.8) is 0 Å². The number of rotatable bonds is 5. The van der Waals surface area contributed by atoms with Crippen LogP contribution in [0.1, 0.15) is 18.4 Å². The molecule has 0 radical (unpaired) electrons. The fourth-order valence-electron chi connectivity index (χ4n) is 2.42. The molecule has 5 heteroatoms. The van der Waals surface area contributed by atoms with E-state index < -0.39 is 0 Å². The maximum absolute atomic E-state index is 12.2. The van der Waals surface area contributed by atoms with Gasteiger partial charge in [0.1, 0.15) is 0 Å². The molecule has 1 aliphatic heterocycles. The van der Waals surface area contributed by atoms with E-state index in [4.69, 9.17) is 27.9 Å². The van der Waals surface area contributed by atoms with Crippen LogP contribution < -0.4 is 0 Å². The molecule has 2 rings (SSSR count). The molecular formula is C15H19Cl2NO2. The lowest BCUT2D eigenvalue weighted by Gasteiger charge is -2.32. The van der Waals surface area contributed by atoms with E-state index in [1.165, 1.54) is 0 Å². The Balaban J connectivity index is 1.80. The maximum Gasteiger partial charge on any atom is 0.226 e. The molecule has 1 saturated heterocycles. The number of ether oxygens (including phenoxy) is 1. The van der Waals surface area contributed by atoms with Gasteiger partial charge in [0.2, 0.25) is 5.91 Å². The molecule has 110 valence electrons. The summed E-state index contributed by atoms with van der Waals surface area (Å²) >= 11 is 11.5. The van der Waals surface area contributed by atoms with Crippen LogP contribution in [-0.4, -0.2) is 42.5 Å². The van der Waals surface area contributed by atoms with Crippen LogP contribution in [0.25, 0.3) is 0 Å². The molecule has 3 nitrogen and oxygen atoms in total. The standard InChI is InChI=1S/C15H19Cl2NO2/c16-6-9-20-14-4-7-18(8-5-14)15(19)11-12-2-1-3-13(17)10-12/h1-3,10,14H,4-9,11H2. The third kappa shape index (κ3) is 4.65. The molecule has 1 aromatic carbocycles. The molecule has 0 aliphatic carbocycles. The zero-order valence-corrected chi connectivity index (χ0v) is 12.9. The van der Waals surface area contributed by atoms with E-state index in [2.05, 4.69) is 0 Å². The zero-order chi connectivity index (χ0) is 14.4. The topological polar surface area (TPSA) is 29.5 Å². The lowest BCUT2D eigenvalue weighted by molar-refractivity contribution is -0.133. The molecule has 1 amide bonds. The van der Waals surface area contributed by atoms with Gasteiger partial charge in [-0.25, -0.2) is 0 Å². The van der Waals surface area contributed by atoms with Gasteiger partial charge in [0.25, 0.3) is 0 Å². The Kier molecular flexibility index (Phi) is 6.14. The van der Waals surface area contributed by atoms with Crippen LogP contribution in [0, 0.1) is 0 Å². The summed E-state index contributed by atoms with van der Waals surface area (Å²) in [6.07, 6.45) is 2.42. The second-order valence-electron chi connectivity index (χ2n) is 4.95. The fourth-order valence-corrected chi connectivity index (χ4v) is 2.72. The Hall–Kier alpha value is -0.770. The van der Waals surface area contributed by atoms with Crippen molar-refractivity contribution >= 4 is 29.1 Å². The second-order valence-corrected chi connectivity index (χ2v) is 5.76. The van der Waals surface area contributed by atoms with Crippen LogP contribution in [0.3, 0.4) is 0 Å². The molecule has 0 spiro atoms. The van der Waals surface area contributed by atoms with E-state index in [1.807, 2.05) is 29.2 Å². The highest BCUT2D eigenvalue weighted by Crippen LogP contribution is 2.16. The van der Waals surface area contributed by atoms with Crippen LogP contribution in [0.4, 0.5) is 0 Å². The Morgan fingerprint density at radius 3 is 2.75 bits per heavy atom. The summed E-state index contributed by atoms with van der Waals surface area (Å²) in [6.45, 7) is 2.10. The minimum Gasteiger partial charge on any atom is -0.377 e. The van der Waals surface area contributed by atoms with Gasteiger partial charge in [0.05, 0.1) is 19.1 Å². The van der Waals surface area contributed by atoms with Crippen LogP contribution in [-0.2, 0) is 16.0 Å². The van der Waals surface area contributed by atoms with Gasteiger partial charge in [0.15, 0.2) is 0 Å². The van der Waals surface area contributed by atoms with Crippen LogP contribution in [0.15, 0.2) is 24.3 Å². The Labute approximate surface area is 129 Å². The minimum absolute atomic E-state index is 0.156. The minimum atomic E-state index is 0.156. The Bertz CT molecular complexity index is 445. The number of likely N-dealkylation sites (tertiary alicyclic amines) is 1. The lowest BCUT2D eigenvalue weighted by Crippen LogP contribution is -2.41. The van der Waals surface area contributed by atoms with E-state index in [0.717, 1.165) is 31.5 Å². The molecule has 1 heterocycles. The number of amides is 1. The first-order chi connectivity index (χ1) is 9.69. The molecule has 0 aromatic heterocycles. The van der Waals surface area contributed by atoms with Crippen molar-refractivity contribution in [3.05, 3.63) is 34.9 Å². The third-order valence-electron chi connectivity index (χ3n) is 3.47. The number of carbonyl (C=O) groups is 1. The normalized spacial score (nSPS) is 16.4.